The summed E-state index contributed by atoms with van der Waals surface area (Å²) in [7, 11) is 0. The van der Waals surface area contributed by atoms with Gasteiger partial charge >= 0.3 is 0 Å². The highest BCUT2D eigenvalue weighted by Gasteiger charge is 2.23. The summed E-state index contributed by atoms with van der Waals surface area (Å²) in [6.45, 7) is 1.96. The summed E-state index contributed by atoms with van der Waals surface area (Å²) in [5, 5.41) is 0. The molecule has 1 amide bonds. The van der Waals surface area contributed by atoms with Gasteiger partial charge in [0, 0.05) is 12.6 Å². The van der Waals surface area contributed by atoms with E-state index in [-0.39, 0.29) is 5.91 Å². The first-order valence-corrected chi connectivity index (χ1v) is 3.96. The van der Waals surface area contributed by atoms with Crippen molar-refractivity contribution >= 4 is 5.91 Å². The minimum Gasteiger partial charge on any atom is -0.369 e. The van der Waals surface area contributed by atoms with E-state index < -0.39 is 0 Å². The zero-order valence-electron chi connectivity index (χ0n) is 6.62. The third-order valence-electron chi connectivity index (χ3n) is 2.13. The normalized spacial score (nSPS) is 25.7. The topological polar surface area (TPSA) is 72.3 Å². The largest absolute Gasteiger partial charge is 0.369 e. The lowest BCUT2D eigenvalue weighted by atomic mass is 10.2. The summed E-state index contributed by atoms with van der Waals surface area (Å²) in [6.07, 6.45) is 2.24. The lowest BCUT2D eigenvalue weighted by molar-refractivity contribution is -0.119. The van der Waals surface area contributed by atoms with E-state index in [0.717, 1.165) is 19.4 Å². The second kappa shape index (κ2) is 3.69. The summed E-state index contributed by atoms with van der Waals surface area (Å²) in [5.74, 6) is -0.259. The maximum absolute atomic E-state index is 10.6. The molecule has 0 spiro atoms. The van der Waals surface area contributed by atoms with Crippen molar-refractivity contribution in [1.29, 1.82) is 0 Å². The molecule has 4 heteroatoms. The quantitative estimate of drug-likeness (QED) is 0.546. The number of nitrogens with zero attached hydrogens (tertiary/aromatic N) is 1. The van der Waals surface area contributed by atoms with Gasteiger partial charge in [0.05, 0.1) is 6.54 Å². The summed E-state index contributed by atoms with van der Waals surface area (Å²) in [5.41, 5.74) is 10.6. The van der Waals surface area contributed by atoms with E-state index in [2.05, 4.69) is 4.90 Å². The van der Waals surface area contributed by atoms with Crippen LogP contribution in [0.4, 0.5) is 0 Å². The van der Waals surface area contributed by atoms with Gasteiger partial charge in [-0.15, -0.1) is 0 Å². The minimum absolute atomic E-state index is 0.259. The maximum Gasteiger partial charge on any atom is 0.231 e. The van der Waals surface area contributed by atoms with Crippen molar-refractivity contribution in [3.8, 4) is 0 Å². The molecule has 0 aliphatic carbocycles. The second-order valence-electron chi connectivity index (χ2n) is 2.97. The Morgan fingerprint density at radius 3 is 2.91 bits per heavy atom. The van der Waals surface area contributed by atoms with Crippen LogP contribution in [-0.2, 0) is 4.79 Å². The molecule has 0 aromatic carbocycles. The highest BCUT2D eigenvalue weighted by molar-refractivity contribution is 5.76. The van der Waals surface area contributed by atoms with Crippen molar-refractivity contribution < 1.29 is 4.79 Å². The van der Waals surface area contributed by atoms with Gasteiger partial charge in [-0.1, -0.05) is 0 Å². The molecule has 11 heavy (non-hydrogen) atoms. The predicted molar refractivity (Wildman–Crippen MR) is 42.8 cm³/mol. The molecule has 1 aliphatic heterocycles. The Balaban J connectivity index is 2.37. The van der Waals surface area contributed by atoms with Crippen molar-refractivity contribution in [3.63, 3.8) is 0 Å². The van der Waals surface area contributed by atoms with Gasteiger partial charge in [-0.25, -0.2) is 0 Å². The van der Waals surface area contributed by atoms with Gasteiger partial charge in [-0.2, -0.15) is 0 Å². The molecule has 4 N–H and O–H groups in total. The van der Waals surface area contributed by atoms with E-state index in [1.807, 2.05) is 0 Å². The van der Waals surface area contributed by atoms with E-state index in [4.69, 9.17) is 11.5 Å². The molecule has 0 aromatic rings. The van der Waals surface area contributed by atoms with E-state index in [1.165, 1.54) is 0 Å². The molecule has 0 radical (unpaired) electrons. The zero-order valence-corrected chi connectivity index (χ0v) is 6.62. The van der Waals surface area contributed by atoms with Crippen LogP contribution in [0, 0.1) is 0 Å². The molecule has 0 aromatic heterocycles. The fourth-order valence-corrected chi connectivity index (χ4v) is 1.57. The van der Waals surface area contributed by atoms with Gasteiger partial charge in [0.1, 0.15) is 0 Å². The van der Waals surface area contributed by atoms with Crippen molar-refractivity contribution in [2.45, 2.75) is 18.9 Å². The fourth-order valence-electron chi connectivity index (χ4n) is 1.57. The van der Waals surface area contributed by atoms with Gasteiger partial charge in [-0.05, 0) is 19.4 Å². The van der Waals surface area contributed by atoms with Crippen LogP contribution < -0.4 is 11.5 Å². The van der Waals surface area contributed by atoms with Gasteiger partial charge in [0.15, 0.2) is 0 Å². The number of amides is 1. The first-order valence-electron chi connectivity index (χ1n) is 3.96. The number of nitrogens with two attached hydrogens (primary N) is 2. The Hall–Kier alpha value is -0.610. The average Bonchev–Trinajstić information content (AvgIpc) is 2.34. The second-order valence-corrected chi connectivity index (χ2v) is 2.97. The molecule has 1 unspecified atom stereocenters. The number of carbonyl (C=O) groups excluding carboxylic acids is 1. The van der Waals surface area contributed by atoms with E-state index >= 15 is 0 Å². The van der Waals surface area contributed by atoms with Crippen LogP contribution in [0.25, 0.3) is 0 Å². The molecule has 0 saturated carbocycles. The van der Waals surface area contributed by atoms with Gasteiger partial charge in [0.25, 0.3) is 0 Å². The molecule has 1 fully saturated rings. The Bertz CT molecular complexity index is 149. The number of rotatable bonds is 3. The number of likely N-dealkylation sites (tertiary alicyclic amines) is 1. The zero-order chi connectivity index (χ0) is 8.27. The van der Waals surface area contributed by atoms with E-state index in [9.17, 15) is 4.79 Å². The molecule has 64 valence electrons. The molecule has 1 aliphatic rings. The minimum atomic E-state index is -0.259. The van der Waals surface area contributed by atoms with E-state index in [0.29, 0.717) is 19.1 Å². The van der Waals surface area contributed by atoms with Crippen molar-refractivity contribution in [2.75, 3.05) is 19.6 Å². The molecular formula is C7H15N3O. The van der Waals surface area contributed by atoms with Gasteiger partial charge in [0.2, 0.25) is 5.91 Å². The monoisotopic (exact) mass is 157 g/mol. The van der Waals surface area contributed by atoms with Crippen LogP contribution in [0.3, 0.4) is 0 Å². The SMILES string of the molecule is NCC1CCCN1CC(N)=O. The predicted octanol–water partition coefficient (Wildman–Crippen LogP) is -1.11. The summed E-state index contributed by atoms with van der Waals surface area (Å²) in [6, 6.07) is 0.377. The molecular weight excluding hydrogens is 142 g/mol. The third kappa shape index (κ3) is 2.17. The number of primary amides is 1. The summed E-state index contributed by atoms with van der Waals surface area (Å²) < 4.78 is 0. The third-order valence-corrected chi connectivity index (χ3v) is 2.13. The molecule has 0 bridgehead atoms. The lowest BCUT2D eigenvalue weighted by Crippen LogP contribution is -2.40. The molecule has 1 saturated heterocycles. The summed E-state index contributed by atoms with van der Waals surface area (Å²) >= 11 is 0. The highest BCUT2D eigenvalue weighted by Crippen LogP contribution is 2.14. The Labute approximate surface area is 66.5 Å². The smallest absolute Gasteiger partial charge is 0.231 e. The first kappa shape index (κ1) is 8.49. The number of hydrogen-bond donors (Lipinski definition) is 2. The van der Waals surface area contributed by atoms with Crippen LogP contribution in [0.2, 0.25) is 0 Å². The Kier molecular flexibility index (Phi) is 2.84. The summed E-state index contributed by atoms with van der Waals surface area (Å²) in [4.78, 5) is 12.6. The van der Waals surface area contributed by atoms with Gasteiger partial charge < -0.3 is 11.5 Å². The Morgan fingerprint density at radius 2 is 2.36 bits per heavy atom. The van der Waals surface area contributed by atoms with E-state index in [1.54, 1.807) is 0 Å². The molecule has 1 atom stereocenters. The van der Waals surface area contributed by atoms with Crippen molar-refractivity contribution in [1.82, 2.24) is 4.90 Å². The van der Waals surface area contributed by atoms with Crippen molar-refractivity contribution in [3.05, 3.63) is 0 Å². The van der Waals surface area contributed by atoms with Crippen LogP contribution in [-0.4, -0.2) is 36.5 Å². The highest BCUT2D eigenvalue weighted by atomic mass is 16.1. The molecule has 4 nitrogen and oxygen atoms in total. The molecule has 1 heterocycles. The Morgan fingerprint density at radius 1 is 1.64 bits per heavy atom. The fraction of sp³-hybridized carbons (Fsp3) is 0.857. The van der Waals surface area contributed by atoms with Crippen LogP contribution >= 0.6 is 0 Å². The lowest BCUT2D eigenvalue weighted by Gasteiger charge is -2.20. The standard InChI is InChI=1S/C7H15N3O/c8-4-6-2-1-3-10(6)5-7(9)11/h6H,1-5,8H2,(H2,9,11). The first-order chi connectivity index (χ1) is 5.24. The van der Waals surface area contributed by atoms with Crippen molar-refractivity contribution in [2.24, 2.45) is 11.5 Å². The van der Waals surface area contributed by atoms with Crippen LogP contribution in [0.15, 0.2) is 0 Å². The van der Waals surface area contributed by atoms with Gasteiger partial charge in [-0.3, -0.25) is 9.69 Å². The number of carbonyl (C=O) groups is 1. The average molecular weight is 157 g/mol. The van der Waals surface area contributed by atoms with Crippen LogP contribution in [0.1, 0.15) is 12.8 Å². The molecule has 1 rings (SSSR count). The number of hydrogen-bond acceptors (Lipinski definition) is 3. The maximum atomic E-state index is 10.6. The van der Waals surface area contributed by atoms with Crippen LogP contribution in [0.5, 0.6) is 0 Å².